The molecule has 8 heteroatoms. The summed E-state index contributed by atoms with van der Waals surface area (Å²) in [7, 11) is 0. The number of carbonyl (C=O) groups is 1. The van der Waals surface area contributed by atoms with E-state index in [9.17, 15) is 9.59 Å². The first-order valence-corrected chi connectivity index (χ1v) is 8.59. The van der Waals surface area contributed by atoms with Gasteiger partial charge in [-0.2, -0.15) is 0 Å². The highest BCUT2D eigenvalue weighted by atomic mass is 32.1. The van der Waals surface area contributed by atoms with Crippen molar-refractivity contribution in [1.29, 1.82) is 0 Å². The summed E-state index contributed by atoms with van der Waals surface area (Å²) in [6.07, 6.45) is 4.27. The van der Waals surface area contributed by atoms with E-state index in [-0.39, 0.29) is 11.1 Å². The summed E-state index contributed by atoms with van der Waals surface area (Å²) in [6.45, 7) is 1.85. The SMILES string of the molecule is Cc1csc(NC(=O)c2cnc3sc4c(n3c2=O)CCC4)n1. The van der Waals surface area contributed by atoms with Crippen LogP contribution in [0.5, 0.6) is 0 Å². The van der Waals surface area contributed by atoms with Crippen LogP contribution in [0.1, 0.15) is 33.0 Å². The number of hydrogen-bond acceptors (Lipinski definition) is 6. The van der Waals surface area contributed by atoms with Gasteiger partial charge in [-0.25, -0.2) is 9.97 Å². The first-order valence-electron chi connectivity index (χ1n) is 6.89. The molecule has 0 spiro atoms. The number of anilines is 1. The molecule has 0 aliphatic heterocycles. The fraction of sp³-hybridized carbons (Fsp3) is 0.286. The van der Waals surface area contributed by atoms with Crippen molar-refractivity contribution in [2.24, 2.45) is 0 Å². The Morgan fingerprint density at radius 3 is 3.05 bits per heavy atom. The van der Waals surface area contributed by atoms with Crippen molar-refractivity contribution in [2.75, 3.05) is 5.32 Å². The number of aryl methyl sites for hydroxylation is 3. The van der Waals surface area contributed by atoms with Crippen molar-refractivity contribution in [1.82, 2.24) is 14.4 Å². The van der Waals surface area contributed by atoms with Crippen molar-refractivity contribution >= 4 is 38.7 Å². The van der Waals surface area contributed by atoms with Crippen molar-refractivity contribution in [3.8, 4) is 0 Å². The largest absolute Gasteiger partial charge is 0.298 e. The second kappa shape index (κ2) is 4.99. The summed E-state index contributed by atoms with van der Waals surface area (Å²) < 4.78 is 1.59. The van der Waals surface area contributed by atoms with Crippen LogP contribution in [0.25, 0.3) is 4.96 Å². The third kappa shape index (κ3) is 2.06. The number of carbonyl (C=O) groups excluding carboxylic acids is 1. The highest BCUT2D eigenvalue weighted by Crippen LogP contribution is 2.29. The molecule has 1 aliphatic carbocycles. The zero-order valence-electron chi connectivity index (χ0n) is 11.8. The zero-order chi connectivity index (χ0) is 15.3. The van der Waals surface area contributed by atoms with Gasteiger partial charge in [-0.1, -0.05) is 0 Å². The molecule has 0 saturated heterocycles. The van der Waals surface area contributed by atoms with Gasteiger partial charge in [0, 0.05) is 22.1 Å². The molecule has 3 aromatic heterocycles. The van der Waals surface area contributed by atoms with Crippen molar-refractivity contribution < 1.29 is 4.79 Å². The molecule has 0 fully saturated rings. The normalized spacial score (nSPS) is 13.5. The van der Waals surface area contributed by atoms with E-state index in [1.807, 2.05) is 12.3 Å². The lowest BCUT2D eigenvalue weighted by molar-refractivity contribution is 0.102. The van der Waals surface area contributed by atoms with Gasteiger partial charge in [-0.3, -0.25) is 19.3 Å². The predicted molar refractivity (Wildman–Crippen MR) is 86.2 cm³/mol. The summed E-state index contributed by atoms with van der Waals surface area (Å²) in [5.74, 6) is -0.459. The summed E-state index contributed by atoms with van der Waals surface area (Å²) in [6, 6.07) is 0. The molecule has 112 valence electrons. The molecular formula is C14H12N4O2S2. The first-order chi connectivity index (χ1) is 10.6. The molecule has 1 N–H and O–H groups in total. The van der Waals surface area contributed by atoms with E-state index in [0.717, 1.165) is 30.7 Å². The van der Waals surface area contributed by atoms with Gasteiger partial charge < -0.3 is 0 Å². The van der Waals surface area contributed by atoms with Crippen LogP contribution in [0.3, 0.4) is 0 Å². The Labute approximate surface area is 133 Å². The van der Waals surface area contributed by atoms with Crippen LogP contribution in [0.15, 0.2) is 16.4 Å². The maximum absolute atomic E-state index is 12.6. The van der Waals surface area contributed by atoms with Crippen molar-refractivity contribution in [3.63, 3.8) is 0 Å². The van der Waals surface area contributed by atoms with Crippen LogP contribution < -0.4 is 10.9 Å². The van der Waals surface area contributed by atoms with E-state index in [4.69, 9.17) is 0 Å². The van der Waals surface area contributed by atoms with E-state index in [1.54, 1.807) is 4.40 Å². The molecule has 1 amide bonds. The molecule has 0 unspecified atom stereocenters. The molecule has 0 aromatic carbocycles. The first kappa shape index (κ1) is 13.6. The number of rotatable bonds is 2. The van der Waals surface area contributed by atoms with E-state index in [1.165, 1.54) is 33.7 Å². The molecule has 0 radical (unpaired) electrons. The molecule has 0 bridgehead atoms. The number of hydrogen-bond donors (Lipinski definition) is 1. The van der Waals surface area contributed by atoms with Crippen LogP contribution in [0.2, 0.25) is 0 Å². The Balaban J connectivity index is 1.77. The quantitative estimate of drug-likeness (QED) is 0.781. The lowest BCUT2D eigenvalue weighted by Gasteiger charge is -2.03. The Hall–Kier alpha value is -2.06. The predicted octanol–water partition coefficient (Wildman–Crippen LogP) is 2.26. The fourth-order valence-electron chi connectivity index (χ4n) is 2.64. The molecule has 0 atom stereocenters. The Morgan fingerprint density at radius 2 is 2.27 bits per heavy atom. The van der Waals surface area contributed by atoms with Gasteiger partial charge in [0.15, 0.2) is 10.1 Å². The topological polar surface area (TPSA) is 76.4 Å². The van der Waals surface area contributed by atoms with Crippen LogP contribution in [0.4, 0.5) is 5.13 Å². The molecule has 3 heterocycles. The van der Waals surface area contributed by atoms with Gasteiger partial charge in [0.1, 0.15) is 5.56 Å². The van der Waals surface area contributed by atoms with Crippen molar-refractivity contribution in [3.05, 3.63) is 43.8 Å². The number of fused-ring (bicyclic) bond motifs is 3. The number of aromatic nitrogens is 3. The molecule has 0 saturated carbocycles. The third-order valence-corrected chi connectivity index (χ3v) is 5.67. The maximum atomic E-state index is 12.6. The van der Waals surface area contributed by atoms with Gasteiger partial charge >= 0.3 is 0 Å². The maximum Gasteiger partial charge on any atom is 0.271 e. The highest BCUT2D eigenvalue weighted by molar-refractivity contribution is 7.17. The number of nitrogens with zero attached hydrogens (tertiary/aromatic N) is 3. The van der Waals surface area contributed by atoms with Gasteiger partial charge in [-0.15, -0.1) is 22.7 Å². The average molecular weight is 332 g/mol. The molecule has 4 rings (SSSR count). The van der Waals surface area contributed by atoms with E-state index in [2.05, 4.69) is 15.3 Å². The summed E-state index contributed by atoms with van der Waals surface area (Å²) in [5, 5.41) is 4.99. The van der Waals surface area contributed by atoms with Gasteiger partial charge in [0.2, 0.25) is 0 Å². The second-order valence-corrected chi connectivity index (χ2v) is 7.09. The molecule has 1 aliphatic rings. The third-order valence-electron chi connectivity index (χ3n) is 3.64. The summed E-state index contributed by atoms with van der Waals surface area (Å²) in [4.78, 5) is 35.3. The molecule has 22 heavy (non-hydrogen) atoms. The van der Waals surface area contributed by atoms with Crippen LogP contribution in [0, 0.1) is 6.92 Å². The van der Waals surface area contributed by atoms with Crippen LogP contribution in [-0.4, -0.2) is 20.3 Å². The van der Waals surface area contributed by atoms with Crippen LogP contribution >= 0.6 is 22.7 Å². The lowest BCUT2D eigenvalue weighted by Crippen LogP contribution is -2.27. The lowest BCUT2D eigenvalue weighted by atomic mass is 10.3. The molecule has 3 aromatic rings. The Kier molecular flexibility index (Phi) is 3.08. The minimum Gasteiger partial charge on any atom is -0.298 e. The number of nitrogens with one attached hydrogen (secondary N) is 1. The smallest absolute Gasteiger partial charge is 0.271 e. The average Bonchev–Trinajstić information content (AvgIpc) is 3.14. The summed E-state index contributed by atoms with van der Waals surface area (Å²) >= 11 is 2.87. The van der Waals surface area contributed by atoms with Gasteiger partial charge in [0.25, 0.3) is 11.5 Å². The Morgan fingerprint density at radius 1 is 1.41 bits per heavy atom. The van der Waals surface area contributed by atoms with Gasteiger partial charge in [0.05, 0.1) is 5.69 Å². The molecule has 6 nitrogen and oxygen atoms in total. The Bertz CT molecular complexity index is 954. The monoisotopic (exact) mass is 332 g/mol. The second-order valence-electron chi connectivity index (χ2n) is 5.17. The minimum absolute atomic E-state index is 0.0536. The highest BCUT2D eigenvalue weighted by Gasteiger charge is 2.22. The fourth-order valence-corrected chi connectivity index (χ4v) is 4.49. The number of amides is 1. The number of thiazole rings is 2. The zero-order valence-corrected chi connectivity index (χ0v) is 13.4. The van der Waals surface area contributed by atoms with Gasteiger partial charge in [-0.05, 0) is 26.2 Å². The van der Waals surface area contributed by atoms with E-state index >= 15 is 0 Å². The van der Waals surface area contributed by atoms with E-state index < -0.39 is 5.91 Å². The molecular weight excluding hydrogens is 320 g/mol. The summed E-state index contributed by atoms with van der Waals surface area (Å²) in [5.41, 5.74) is 1.60. The van der Waals surface area contributed by atoms with Crippen LogP contribution in [-0.2, 0) is 12.8 Å². The standard InChI is InChI=1S/C14H12N4O2S2/c1-7-6-21-13(16-7)17-11(19)8-5-15-14-18(12(8)20)9-3-2-4-10(9)22-14/h5-6H,2-4H2,1H3,(H,16,17,19). The minimum atomic E-state index is -0.459. The van der Waals surface area contributed by atoms with Crippen molar-refractivity contribution in [2.45, 2.75) is 26.2 Å². The van der Waals surface area contributed by atoms with E-state index in [0.29, 0.717) is 10.1 Å².